The van der Waals surface area contributed by atoms with E-state index < -0.39 is 0 Å². The van der Waals surface area contributed by atoms with Gasteiger partial charge in [-0.2, -0.15) is 5.10 Å². The summed E-state index contributed by atoms with van der Waals surface area (Å²) in [6.07, 6.45) is 10.1. The second-order valence-electron chi connectivity index (χ2n) is 9.84. The summed E-state index contributed by atoms with van der Waals surface area (Å²) in [4.78, 5) is 19.2. The van der Waals surface area contributed by atoms with E-state index in [0.29, 0.717) is 18.9 Å². The van der Waals surface area contributed by atoms with Crippen LogP contribution in [0, 0.1) is 0 Å². The lowest BCUT2D eigenvalue weighted by Crippen LogP contribution is -2.52. The molecule has 1 N–H and O–H groups in total. The first kappa shape index (κ1) is 22.0. The molecule has 0 spiro atoms. The van der Waals surface area contributed by atoms with Crippen LogP contribution < -0.4 is 5.32 Å². The van der Waals surface area contributed by atoms with Crippen LogP contribution in [-0.2, 0) is 11.2 Å². The number of aromatic nitrogens is 3. The second-order valence-corrected chi connectivity index (χ2v) is 9.84. The average Bonchev–Trinajstić information content (AvgIpc) is 3.52. The van der Waals surface area contributed by atoms with Crippen molar-refractivity contribution in [3.05, 3.63) is 78.6 Å². The highest BCUT2D eigenvalue weighted by atomic mass is 16.1. The van der Waals surface area contributed by atoms with Crippen LogP contribution in [-0.4, -0.2) is 44.7 Å². The molecule has 6 rings (SSSR count). The fraction of sp³-hybridized carbons (Fsp3) is 0.345. The summed E-state index contributed by atoms with van der Waals surface area (Å²) >= 11 is 0. The van der Waals surface area contributed by atoms with Crippen LogP contribution >= 0.6 is 0 Å². The van der Waals surface area contributed by atoms with Crippen molar-refractivity contribution in [2.75, 3.05) is 18.4 Å². The second kappa shape index (κ2) is 9.62. The fourth-order valence-electron chi connectivity index (χ4n) is 5.53. The molecule has 1 aliphatic heterocycles. The van der Waals surface area contributed by atoms with Gasteiger partial charge in [-0.3, -0.25) is 19.4 Å². The van der Waals surface area contributed by atoms with Crippen molar-refractivity contribution < 1.29 is 4.79 Å². The molecule has 2 aliphatic rings. The number of nitrogens with one attached hydrogen (secondary N) is 1. The standard InChI is InChI=1S/C29H31N5O/c35-28(16-11-21-6-5-17-30-18-21)31-23-14-12-22(13-15-23)29-26-9-3-4-10-27(26)34(32-29)25-19-33(20-25)24-7-1-2-8-24/h3-6,9-10,12-15,17-18,24-25H,1-2,7-8,11,16,19-20H2,(H,31,35). The highest BCUT2D eigenvalue weighted by Crippen LogP contribution is 2.35. The third-order valence-electron chi connectivity index (χ3n) is 7.50. The number of fused-ring (bicyclic) bond motifs is 1. The number of carbonyl (C=O) groups is 1. The molecule has 6 heteroatoms. The minimum atomic E-state index is 0.00753. The zero-order valence-corrected chi connectivity index (χ0v) is 19.9. The Kier molecular flexibility index (Phi) is 6.05. The molecule has 2 fully saturated rings. The number of anilines is 1. The predicted octanol–water partition coefficient (Wildman–Crippen LogP) is 5.47. The van der Waals surface area contributed by atoms with Crippen molar-refractivity contribution in [1.29, 1.82) is 0 Å². The molecule has 6 nitrogen and oxygen atoms in total. The van der Waals surface area contributed by atoms with E-state index in [2.05, 4.69) is 56.3 Å². The molecule has 2 aromatic carbocycles. The molecule has 4 aromatic rings. The monoisotopic (exact) mass is 465 g/mol. The zero-order chi connectivity index (χ0) is 23.6. The number of para-hydroxylation sites is 1. The number of aryl methyl sites for hydroxylation is 1. The van der Waals surface area contributed by atoms with Crippen LogP contribution in [0.3, 0.4) is 0 Å². The van der Waals surface area contributed by atoms with E-state index in [4.69, 9.17) is 5.10 Å². The first-order valence-electron chi connectivity index (χ1n) is 12.7. The van der Waals surface area contributed by atoms with Gasteiger partial charge in [0.05, 0.1) is 11.6 Å². The van der Waals surface area contributed by atoms with Gasteiger partial charge < -0.3 is 5.32 Å². The number of rotatable bonds is 7. The van der Waals surface area contributed by atoms with E-state index in [1.165, 1.54) is 36.6 Å². The van der Waals surface area contributed by atoms with Gasteiger partial charge in [0.1, 0.15) is 5.69 Å². The van der Waals surface area contributed by atoms with E-state index in [0.717, 1.165) is 41.6 Å². The predicted molar refractivity (Wildman–Crippen MR) is 139 cm³/mol. The maximum atomic E-state index is 12.4. The van der Waals surface area contributed by atoms with Crippen LogP contribution in [0.15, 0.2) is 73.1 Å². The quantitative estimate of drug-likeness (QED) is 0.393. The summed E-state index contributed by atoms with van der Waals surface area (Å²) in [6, 6.07) is 21.7. The number of carbonyl (C=O) groups excluding carboxylic acids is 1. The molecule has 35 heavy (non-hydrogen) atoms. The molecule has 3 heterocycles. The Bertz CT molecular complexity index is 1300. The Morgan fingerprint density at radius 2 is 1.74 bits per heavy atom. The summed E-state index contributed by atoms with van der Waals surface area (Å²) in [5.41, 5.74) is 5.15. The van der Waals surface area contributed by atoms with Crippen LogP contribution in [0.25, 0.3) is 22.2 Å². The average molecular weight is 466 g/mol. The van der Waals surface area contributed by atoms with Crippen molar-refractivity contribution in [2.45, 2.75) is 50.6 Å². The van der Waals surface area contributed by atoms with Gasteiger partial charge >= 0.3 is 0 Å². The van der Waals surface area contributed by atoms with Crippen LogP contribution in [0.5, 0.6) is 0 Å². The smallest absolute Gasteiger partial charge is 0.224 e. The maximum absolute atomic E-state index is 12.4. The maximum Gasteiger partial charge on any atom is 0.224 e. The van der Waals surface area contributed by atoms with Crippen LogP contribution in [0.4, 0.5) is 5.69 Å². The van der Waals surface area contributed by atoms with Gasteiger partial charge in [-0.15, -0.1) is 0 Å². The van der Waals surface area contributed by atoms with Crippen molar-refractivity contribution in [3.8, 4) is 11.3 Å². The Morgan fingerprint density at radius 1 is 0.943 bits per heavy atom. The Morgan fingerprint density at radius 3 is 2.51 bits per heavy atom. The third-order valence-corrected chi connectivity index (χ3v) is 7.50. The first-order valence-corrected chi connectivity index (χ1v) is 12.7. The van der Waals surface area contributed by atoms with E-state index >= 15 is 0 Å². The Hall–Kier alpha value is -3.51. The molecule has 2 aromatic heterocycles. The number of hydrogen-bond acceptors (Lipinski definition) is 4. The topological polar surface area (TPSA) is 63.1 Å². The third kappa shape index (κ3) is 4.58. The molecule has 0 radical (unpaired) electrons. The number of nitrogens with zero attached hydrogens (tertiary/aromatic N) is 4. The highest BCUT2D eigenvalue weighted by molar-refractivity contribution is 5.94. The van der Waals surface area contributed by atoms with Gasteiger partial charge in [0.2, 0.25) is 5.91 Å². The van der Waals surface area contributed by atoms with Gasteiger partial charge in [-0.1, -0.05) is 49.2 Å². The molecule has 1 saturated heterocycles. The molecule has 178 valence electrons. The van der Waals surface area contributed by atoms with Crippen LogP contribution in [0.2, 0.25) is 0 Å². The van der Waals surface area contributed by atoms with Crippen LogP contribution in [0.1, 0.15) is 43.7 Å². The number of amides is 1. The van der Waals surface area contributed by atoms with E-state index in [-0.39, 0.29) is 5.91 Å². The number of likely N-dealkylation sites (tertiary alicyclic amines) is 1. The SMILES string of the molecule is O=C(CCc1cccnc1)Nc1ccc(-c2nn(C3CN(C4CCCC4)C3)c3ccccc23)cc1. The summed E-state index contributed by atoms with van der Waals surface area (Å²) < 4.78 is 2.24. The number of hydrogen-bond donors (Lipinski definition) is 1. The van der Waals surface area contributed by atoms with Gasteiger partial charge in [0.15, 0.2) is 0 Å². The van der Waals surface area contributed by atoms with E-state index in [1.54, 1.807) is 12.4 Å². The molecule has 1 aliphatic carbocycles. The molecule has 1 saturated carbocycles. The Labute approximate surface area is 206 Å². The largest absolute Gasteiger partial charge is 0.326 e. The van der Waals surface area contributed by atoms with E-state index in [9.17, 15) is 4.79 Å². The lowest BCUT2D eigenvalue weighted by atomic mass is 10.0. The molecule has 0 unspecified atom stereocenters. The zero-order valence-electron chi connectivity index (χ0n) is 19.9. The number of benzene rings is 2. The Balaban J connectivity index is 1.15. The van der Waals surface area contributed by atoms with Crippen molar-refractivity contribution in [1.82, 2.24) is 19.7 Å². The van der Waals surface area contributed by atoms with Gasteiger partial charge in [-0.25, -0.2) is 0 Å². The van der Waals surface area contributed by atoms with Crippen molar-refractivity contribution in [2.24, 2.45) is 0 Å². The van der Waals surface area contributed by atoms with Crippen molar-refractivity contribution >= 4 is 22.5 Å². The summed E-state index contributed by atoms with van der Waals surface area (Å²) in [5.74, 6) is 0.00753. The van der Waals surface area contributed by atoms with Gasteiger partial charge in [-0.05, 0) is 49.1 Å². The molecular weight excluding hydrogens is 434 g/mol. The lowest BCUT2D eigenvalue weighted by molar-refractivity contribution is -0.116. The highest BCUT2D eigenvalue weighted by Gasteiger charge is 2.36. The summed E-state index contributed by atoms with van der Waals surface area (Å²) in [5, 5.41) is 9.28. The van der Waals surface area contributed by atoms with Crippen molar-refractivity contribution in [3.63, 3.8) is 0 Å². The molecular formula is C29H31N5O. The summed E-state index contributed by atoms with van der Waals surface area (Å²) in [6.45, 7) is 2.19. The van der Waals surface area contributed by atoms with Gasteiger partial charge in [0, 0.05) is 54.6 Å². The first-order chi connectivity index (χ1) is 17.2. The normalized spacial score (nSPS) is 17.0. The van der Waals surface area contributed by atoms with Gasteiger partial charge in [0.25, 0.3) is 0 Å². The summed E-state index contributed by atoms with van der Waals surface area (Å²) in [7, 11) is 0. The molecule has 0 atom stereocenters. The fourth-order valence-corrected chi connectivity index (χ4v) is 5.53. The molecule has 0 bridgehead atoms. The molecule has 1 amide bonds. The van der Waals surface area contributed by atoms with E-state index in [1.807, 2.05) is 24.3 Å². The number of pyridine rings is 1. The minimum Gasteiger partial charge on any atom is -0.326 e. The minimum absolute atomic E-state index is 0.00753. The lowest BCUT2D eigenvalue weighted by Gasteiger charge is -2.43.